The summed E-state index contributed by atoms with van der Waals surface area (Å²) >= 11 is 0. The average Bonchev–Trinajstić information content (AvgIpc) is 2.01. The van der Waals surface area contributed by atoms with Gasteiger partial charge in [-0.3, -0.25) is 0 Å². The van der Waals surface area contributed by atoms with Crippen molar-refractivity contribution in [1.82, 2.24) is 4.57 Å². The summed E-state index contributed by atoms with van der Waals surface area (Å²) in [5, 5.41) is 0. The molecule has 0 bridgehead atoms. The highest BCUT2D eigenvalue weighted by Gasteiger charge is 2.34. The van der Waals surface area contributed by atoms with Crippen LogP contribution in [0.15, 0.2) is 0 Å². The first-order valence-corrected chi connectivity index (χ1v) is 12.9. The summed E-state index contributed by atoms with van der Waals surface area (Å²) in [7, 11) is -1.90. The monoisotopic (exact) mass is 229 g/mol. The molecule has 3 heteroatoms. The summed E-state index contributed by atoms with van der Waals surface area (Å²) in [5.74, 6) is 0. The van der Waals surface area contributed by atoms with E-state index in [1.807, 2.05) is 0 Å². The van der Waals surface area contributed by atoms with E-state index in [2.05, 4.69) is 37.3 Å². The van der Waals surface area contributed by atoms with Crippen LogP contribution in [0.25, 0.3) is 0 Å². The van der Waals surface area contributed by atoms with Gasteiger partial charge in [0, 0.05) is 8.07 Å². The second kappa shape index (κ2) is 4.50. The van der Waals surface area contributed by atoms with Crippen LogP contribution in [0.2, 0.25) is 38.4 Å². The van der Waals surface area contributed by atoms with Gasteiger partial charge in [-0.05, 0) is 31.6 Å². The molecule has 0 aliphatic carbocycles. The third-order valence-electron chi connectivity index (χ3n) is 3.18. The topological polar surface area (TPSA) is 3.24 Å². The van der Waals surface area contributed by atoms with Crippen LogP contribution in [0.4, 0.5) is 0 Å². The fraction of sp³-hybridized carbons (Fsp3) is 1.00. The molecule has 1 heterocycles. The van der Waals surface area contributed by atoms with Gasteiger partial charge in [0.1, 0.15) is 8.24 Å². The van der Waals surface area contributed by atoms with Gasteiger partial charge in [0.05, 0.1) is 0 Å². The fourth-order valence-corrected chi connectivity index (χ4v) is 15.7. The normalized spacial score (nSPS) is 21.2. The van der Waals surface area contributed by atoms with Crippen molar-refractivity contribution in [2.75, 3.05) is 13.1 Å². The molecule has 0 N–H and O–H groups in total. The maximum Gasteiger partial charge on any atom is 0.119 e. The molecule has 1 aliphatic rings. The van der Waals surface area contributed by atoms with Crippen LogP contribution in [0, 0.1) is 0 Å². The Hall–Kier alpha value is 0.394. The quantitative estimate of drug-likeness (QED) is 0.669. The zero-order chi connectivity index (χ0) is 10.8. The van der Waals surface area contributed by atoms with Crippen LogP contribution in [-0.2, 0) is 0 Å². The van der Waals surface area contributed by atoms with Gasteiger partial charge in [0.15, 0.2) is 0 Å². The van der Waals surface area contributed by atoms with E-state index < -0.39 is 16.3 Å². The Bertz CT molecular complexity index is 178. The van der Waals surface area contributed by atoms with Gasteiger partial charge in [-0.25, -0.2) is 0 Å². The molecule has 0 saturated carbocycles. The highest BCUT2D eigenvalue weighted by atomic mass is 28.4. The molecule has 1 saturated heterocycles. The summed E-state index contributed by atoms with van der Waals surface area (Å²) in [5.41, 5.74) is 1.57. The lowest BCUT2D eigenvalue weighted by molar-refractivity contribution is 0.344. The predicted octanol–water partition coefficient (Wildman–Crippen LogP) is 3.55. The van der Waals surface area contributed by atoms with Crippen LogP contribution in [-0.4, -0.2) is 34.0 Å². The molecular weight excluding hydrogens is 202 g/mol. The van der Waals surface area contributed by atoms with Crippen LogP contribution in [0.1, 0.15) is 19.3 Å². The molecule has 1 aliphatic heterocycles. The van der Waals surface area contributed by atoms with Crippen molar-refractivity contribution in [2.45, 2.75) is 57.7 Å². The molecule has 0 radical (unpaired) electrons. The molecule has 0 unspecified atom stereocenters. The maximum atomic E-state index is 2.86. The Morgan fingerprint density at radius 2 is 1.36 bits per heavy atom. The van der Waals surface area contributed by atoms with Gasteiger partial charge in [-0.2, -0.15) is 0 Å². The molecule has 0 spiro atoms. The van der Waals surface area contributed by atoms with Gasteiger partial charge < -0.3 is 4.57 Å². The Balaban J connectivity index is 2.54. The first-order chi connectivity index (χ1) is 6.31. The van der Waals surface area contributed by atoms with Crippen molar-refractivity contribution < 1.29 is 0 Å². The van der Waals surface area contributed by atoms with Crippen molar-refractivity contribution in [3.63, 3.8) is 0 Å². The molecule has 0 aromatic heterocycles. The minimum absolute atomic E-state index is 0.857. The molecule has 0 amide bonds. The van der Waals surface area contributed by atoms with Gasteiger partial charge in [0.2, 0.25) is 0 Å². The largest absolute Gasteiger partial charge is 0.324 e. The SMILES string of the molecule is C[Si](C)(C)C[Si](C)(C)N1CCCCC1. The van der Waals surface area contributed by atoms with Crippen molar-refractivity contribution in [1.29, 1.82) is 0 Å². The van der Waals surface area contributed by atoms with Crippen molar-refractivity contribution in [3.8, 4) is 0 Å². The van der Waals surface area contributed by atoms with E-state index in [9.17, 15) is 0 Å². The highest BCUT2D eigenvalue weighted by Crippen LogP contribution is 2.25. The van der Waals surface area contributed by atoms with E-state index in [1.54, 1.807) is 5.67 Å². The standard InChI is InChI=1S/C11H27NSi2/c1-13(2,3)11-14(4,5)12-9-7-6-8-10-12/h6-11H2,1-5H3. The van der Waals surface area contributed by atoms with Crippen molar-refractivity contribution >= 4 is 16.3 Å². The third kappa shape index (κ3) is 3.87. The fourth-order valence-electron chi connectivity index (χ4n) is 2.91. The zero-order valence-electron chi connectivity index (χ0n) is 10.7. The molecule has 1 rings (SSSR count). The predicted molar refractivity (Wildman–Crippen MR) is 71.1 cm³/mol. The Morgan fingerprint density at radius 1 is 0.857 bits per heavy atom. The van der Waals surface area contributed by atoms with Crippen LogP contribution < -0.4 is 0 Å². The molecule has 0 aromatic carbocycles. The third-order valence-corrected chi connectivity index (χ3v) is 13.0. The lowest BCUT2D eigenvalue weighted by Crippen LogP contribution is -2.54. The summed E-state index contributed by atoms with van der Waals surface area (Å²) in [6.45, 7) is 15.5. The Kier molecular flexibility index (Phi) is 4.00. The average molecular weight is 230 g/mol. The lowest BCUT2D eigenvalue weighted by atomic mass is 10.2. The molecule has 1 nitrogen and oxygen atoms in total. The highest BCUT2D eigenvalue weighted by molar-refractivity contribution is 6.93. The van der Waals surface area contributed by atoms with Gasteiger partial charge >= 0.3 is 0 Å². The molecule has 14 heavy (non-hydrogen) atoms. The number of hydrogen-bond acceptors (Lipinski definition) is 1. The van der Waals surface area contributed by atoms with Gasteiger partial charge in [-0.15, -0.1) is 0 Å². The van der Waals surface area contributed by atoms with Crippen molar-refractivity contribution in [2.24, 2.45) is 0 Å². The Morgan fingerprint density at radius 3 is 1.79 bits per heavy atom. The number of hydrogen-bond donors (Lipinski definition) is 0. The number of nitrogens with zero attached hydrogens (tertiary/aromatic N) is 1. The minimum Gasteiger partial charge on any atom is -0.324 e. The number of piperidine rings is 1. The van der Waals surface area contributed by atoms with Crippen LogP contribution in [0.3, 0.4) is 0 Å². The van der Waals surface area contributed by atoms with E-state index in [-0.39, 0.29) is 0 Å². The van der Waals surface area contributed by atoms with Crippen LogP contribution in [0.5, 0.6) is 0 Å². The van der Waals surface area contributed by atoms with E-state index >= 15 is 0 Å². The number of rotatable bonds is 3. The Labute approximate surface area is 92.0 Å². The summed E-state index contributed by atoms with van der Waals surface area (Å²) in [6.07, 6.45) is 4.36. The second-order valence-corrected chi connectivity index (χ2v) is 17.4. The molecular formula is C11H27NSi2. The molecule has 84 valence electrons. The van der Waals surface area contributed by atoms with E-state index in [1.165, 1.54) is 32.4 Å². The van der Waals surface area contributed by atoms with E-state index in [4.69, 9.17) is 0 Å². The molecule has 0 atom stereocenters. The lowest BCUT2D eigenvalue weighted by Gasteiger charge is -2.42. The smallest absolute Gasteiger partial charge is 0.119 e. The minimum atomic E-state index is -1.04. The first-order valence-electron chi connectivity index (χ1n) is 6.06. The van der Waals surface area contributed by atoms with Crippen LogP contribution >= 0.6 is 0 Å². The summed E-state index contributed by atoms with van der Waals surface area (Å²) in [4.78, 5) is 0. The maximum absolute atomic E-state index is 2.86. The second-order valence-electron chi connectivity index (χ2n) is 6.60. The zero-order valence-corrected chi connectivity index (χ0v) is 12.7. The summed E-state index contributed by atoms with van der Waals surface area (Å²) in [6, 6.07) is 0. The van der Waals surface area contributed by atoms with Gasteiger partial charge in [-0.1, -0.05) is 39.2 Å². The van der Waals surface area contributed by atoms with Gasteiger partial charge in [0.25, 0.3) is 0 Å². The molecule has 0 aromatic rings. The van der Waals surface area contributed by atoms with E-state index in [0.717, 1.165) is 0 Å². The van der Waals surface area contributed by atoms with E-state index in [0.29, 0.717) is 0 Å². The summed E-state index contributed by atoms with van der Waals surface area (Å²) < 4.78 is 2.86. The molecule has 1 fully saturated rings. The first kappa shape index (κ1) is 12.5. The van der Waals surface area contributed by atoms with Crippen molar-refractivity contribution in [3.05, 3.63) is 0 Å².